The molecular formula is C7H7ClIN. The third-order valence-electron chi connectivity index (χ3n) is 1.42. The highest BCUT2D eigenvalue weighted by molar-refractivity contribution is 14.1. The maximum atomic E-state index is 5.87. The summed E-state index contributed by atoms with van der Waals surface area (Å²) in [5, 5.41) is 0.803. The highest BCUT2D eigenvalue weighted by atomic mass is 127. The quantitative estimate of drug-likeness (QED) is 0.520. The van der Waals surface area contributed by atoms with Gasteiger partial charge in [-0.15, -0.1) is 0 Å². The van der Waals surface area contributed by atoms with Crippen molar-refractivity contribution in [2.45, 2.75) is 13.8 Å². The lowest BCUT2D eigenvalue weighted by atomic mass is 10.2. The fourth-order valence-electron chi connectivity index (χ4n) is 0.662. The molecule has 0 saturated heterocycles. The molecule has 0 saturated carbocycles. The van der Waals surface area contributed by atoms with Crippen molar-refractivity contribution < 1.29 is 0 Å². The molecule has 54 valence electrons. The Morgan fingerprint density at radius 3 is 2.60 bits per heavy atom. The topological polar surface area (TPSA) is 12.9 Å². The highest BCUT2D eigenvalue weighted by Gasteiger charge is 2.00. The molecule has 0 bridgehead atoms. The standard InChI is InChI=1S/C7H7ClIN/c1-4-5(2)10-7(9)3-6(4)8/h3H,1-2H3. The predicted molar refractivity (Wildman–Crippen MR) is 51.4 cm³/mol. The second-order valence-corrected chi connectivity index (χ2v) is 3.65. The summed E-state index contributed by atoms with van der Waals surface area (Å²) in [6.07, 6.45) is 0. The van der Waals surface area contributed by atoms with E-state index in [0.29, 0.717) is 0 Å². The number of rotatable bonds is 0. The zero-order valence-corrected chi connectivity index (χ0v) is 8.69. The third-order valence-corrected chi connectivity index (χ3v) is 2.37. The maximum Gasteiger partial charge on any atom is 0.103 e. The molecule has 1 aromatic heterocycles. The van der Waals surface area contributed by atoms with E-state index in [1.807, 2.05) is 19.9 Å². The first-order valence-corrected chi connectivity index (χ1v) is 4.36. The minimum Gasteiger partial charge on any atom is -0.247 e. The van der Waals surface area contributed by atoms with Crippen molar-refractivity contribution >= 4 is 34.2 Å². The lowest BCUT2D eigenvalue weighted by molar-refractivity contribution is 1.12. The molecule has 0 amide bonds. The van der Waals surface area contributed by atoms with Gasteiger partial charge in [0.2, 0.25) is 0 Å². The Morgan fingerprint density at radius 1 is 1.50 bits per heavy atom. The summed E-state index contributed by atoms with van der Waals surface area (Å²) in [6, 6.07) is 1.87. The second kappa shape index (κ2) is 3.05. The van der Waals surface area contributed by atoms with Crippen LogP contribution in [0.5, 0.6) is 0 Å². The summed E-state index contributed by atoms with van der Waals surface area (Å²) >= 11 is 8.03. The van der Waals surface area contributed by atoms with Crippen molar-refractivity contribution in [3.63, 3.8) is 0 Å². The van der Waals surface area contributed by atoms with Crippen LogP contribution < -0.4 is 0 Å². The fourth-order valence-corrected chi connectivity index (χ4v) is 1.76. The zero-order valence-electron chi connectivity index (χ0n) is 5.78. The molecule has 1 nitrogen and oxygen atoms in total. The number of pyridine rings is 1. The Kier molecular flexibility index (Phi) is 2.52. The molecule has 0 aromatic carbocycles. The molecule has 0 aliphatic carbocycles. The number of hydrogen-bond donors (Lipinski definition) is 0. The van der Waals surface area contributed by atoms with E-state index in [1.165, 1.54) is 0 Å². The Bertz CT molecular complexity index is 237. The molecule has 0 radical (unpaired) electrons. The van der Waals surface area contributed by atoms with E-state index >= 15 is 0 Å². The maximum absolute atomic E-state index is 5.87. The first-order valence-electron chi connectivity index (χ1n) is 2.90. The summed E-state index contributed by atoms with van der Waals surface area (Å²) in [6.45, 7) is 3.93. The van der Waals surface area contributed by atoms with Crippen LogP contribution in [0.25, 0.3) is 0 Å². The van der Waals surface area contributed by atoms with Gasteiger partial charge in [0.1, 0.15) is 3.70 Å². The van der Waals surface area contributed by atoms with Crippen LogP contribution in [-0.4, -0.2) is 4.98 Å². The van der Waals surface area contributed by atoms with Crippen molar-refractivity contribution in [1.82, 2.24) is 4.98 Å². The molecule has 0 fully saturated rings. The lowest BCUT2D eigenvalue weighted by Crippen LogP contribution is -1.89. The molecule has 0 N–H and O–H groups in total. The Morgan fingerprint density at radius 2 is 2.10 bits per heavy atom. The molecule has 1 aromatic rings. The summed E-state index contributed by atoms with van der Waals surface area (Å²) in [5.41, 5.74) is 2.08. The van der Waals surface area contributed by atoms with Gasteiger partial charge in [0.15, 0.2) is 0 Å². The first-order chi connectivity index (χ1) is 4.61. The highest BCUT2D eigenvalue weighted by Crippen LogP contribution is 2.18. The lowest BCUT2D eigenvalue weighted by Gasteiger charge is -2.00. The molecule has 1 heterocycles. The molecule has 0 unspecified atom stereocenters. The molecule has 0 spiro atoms. The van der Waals surface area contributed by atoms with E-state index in [9.17, 15) is 0 Å². The average molecular weight is 267 g/mol. The molecule has 1 rings (SSSR count). The Balaban J connectivity index is 3.31. The van der Waals surface area contributed by atoms with Crippen molar-refractivity contribution in [1.29, 1.82) is 0 Å². The van der Waals surface area contributed by atoms with E-state index in [-0.39, 0.29) is 0 Å². The van der Waals surface area contributed by atoms with Crippen LogP contribution in [0, 0.1) is 17.5 Å². The van der Waals surface area contributed by atoms with Gasteiger partial charge in [-0.1, -0.05) is 11.6 Å². The van der Waals surface area contributed by atoms with Crippen molar-refractivity contribution in [2.75, 3.05) is 0 Å². The molecule has 0 aliphatic rings. The van der Waals surface area contributed by atoms with Crippen LogP contribution in [0.2, 0.25) is 5.02 Å². The van der Waals surface area contributed by atoms with E-state index in [4.69, 9.17) is 11.6 Å². The van der Waals surface area contributed by atoms with Crippen molar-refractivity contribution in [3.8, 4) is 0 Å². The van der Waals surface area contributed by atoms with Crippen LogP contribution in [0.15, 0.2) is 6.07 Å². The number of halogens is 2. The van der Waals surface area contributed by atoms with Crippen LogP contribution >= 0.6 is 34.2 Å². The van der Waals surface area contributed by atoms with Gasteiger partial charge in [0.05, 0.1) is 0 Å². The van der Waals surface area contributed by atoms with E-state index < -0.39 is 0 Å². The monoisotopic (exact) mass is 267 g/mol. The third kappa shape index (κ3) is 1.61. The van der Waals surface area contributed by atoms with Gasteiger partial charge < -0.3 is 0 Å². The summed E-state index contributed by atoms with van der Waals surface area (Å²) in [4.78, 5) is 4.24. The van der Waals surface area contributed by atoms with Crippen molar-refractivity contribution in [3.05, 3.63) is 26.0 Å². The van der Waals surface area contributed by atoms with Gasteiger partial charge in [0.25, 0.3) is 0 Å². The van der Waals surface area contributed by atoms with E-state index in [2.05, 4.69) is 27.6 Å². The number of aryl methyl sites for hydroxylation is 1. The molecule has 10 heavy (non-hydrogen) atoms. The number of aromatic nitrogens is 1. The predicted octanol–water partition coefficient (Wildman–Crippen LogP) is 2.96. The van der Waals surface area contributed by atoms with Crippen molar-refractivity contribution in [2.24, 2.45) is 0 Å². The second-order valence-electron chi connectivity index (χ2n) is 2.14. The van der Waals surface area contributed by atoms with Gasteiger partial charge >= 0.3 is 0 Å². The summed E-state index contributed by atoms with van der Waals surface area (Å²) in [5.74, 6) is 0. The van der Waals surface area contributed by atoms with Crippen LogP contribution in [-0.2, 0) is 0 Å². The molecule has 3 heteroatoms. The van der Waals surface area contributed by atoms with Gasteiger partial charge in [-0.2, -0.15) is 0 Å². The van der Waals surface area contributed by atoms with E-state index in [1.54, 1.807) is 0 Å². The zero-order chi connectivity index (χ0) is 7.72. The number of nitrogens with zero attached hydrogens (tertiary/aromatic N) is 1. The van der Waals surface area contributed by atoms with Gasteiger partial charge in [-0.3, -0.25) is 0 Å². The number of hydrogen-bond acceptors (Lipinski definition) is 1. The smallest absolute Gasteiger partial charge is 0.103 e. The molecule has 0 aliphatic heterocycles. The minimum atomic E-state index is 0.803. The normalized spacial score (nSPS) is 10.0. The Hall–Kier alpha value is 0.170. The fraction of sp³-hybridized carbons (Fsp3) is 0.286. The SMILES string of the molecule is Cc1nc(I)cc(Cl)c1C. The summed E-state index contributed by atoms with van der Waals surface area (Å²) < 4.78 is 0.950. The summed E-state index contributed by atoms with van der Waals surface area (Å²) in [7, 11) is 0. The van der Waals surface area contributed by atoms with Crippen LogP contribution in [0.3, 0.4) is 0 Å². The average Bonchev–Trinajstić information content (AvgIpc) is 1.82. The van der Waals surface area contributed by atoms with Gasteiger partial charge in [-0.25, -0.2) is 4.98 Å². The van der Waals surface area contributed by atoms with Crippen LogP contribution in [0.1, 0.15) is 11.3 Å². The largest absolute Gasteiger partial charge is 0.247 e. The van der Waals surface area contributed by atoms with Gasteiger partial charge in [-0.05, 0) is 48.1 Å². The molecule has 0 atom stereocenters. The van der Waals surface area contributed by atoms with Gasteiger partial charge in [0, 0.05) is 10.7 Å². The molecular weight excluding hydrogens is 260 g/mol. The van der Waals surface area contributed by atoms with Crippen LogP contribution in [0.4, 0.5) is 0 Å². The first kappa shape index (κ1) is 8.27. The Labute approximate surface area is 78.9 Å². The van der Waals surface area contributed by atoms with E-state index in [0.717, 1.165) is 20.0 Å². The minimum absolute atomic E-state index is 0.803.